The molecule has 1 unspecified atom stereocenters. The molecule has 0 aliphatic heterocycles. The molecule has 0 aliphatic carbocycles. The van der Waals surface area contributed by atoms with Crippen molar-refractivity contribution in [1.29, 1.82) is 0 Å². The van der Waals surface area contributed by atoms with Crippen LogP contribution in [0.5, 0.6) is 0 Å². The minimum absolute atomic E-state index is 0.197. The summed E-state index contributed by atoms with van der Waals surface area (Å²) in [5.74, 6) is 0.958. The van der Waals surface area contributed by atoms with E-state index in [1.807, 2.05) is 12.1 Å². The maximum absolute atomic E-state index is 5.35. The third kappa shape index (κ3) is 2.45. The summed E-state index contributed by atoms with van der Waals surface area (Å²) in [6, 6.07) is 12.6. The molecular weight excluding hydrogens is 198 g/mol. The van der Waals surface area contributed by atoms with Crippen LogP contribution in [-0.2, 0) is 6.42 Å². The van der Waals surface area contributed by atoms with Gasteiger partial charge in [-0.15, -0.1) is 0 Å². The third-order valence-electron chi connectivity index (χ3n) is 2.72. The molecule has 0 bridgehead atoms. The molecule has 1 aromatic carbocycles. The molecule has 1 N–H and O–H groups in total. The van der Waals surface area contributed by atoms with Gasteiger partial charge in [-0.2, -0.15) is 0 Å². The van der Waals surface area contributed by atoms with Gasteiger partial charge in [-0.1, -0.05) is 19.1 Å². The number of benzene rings is 1. The molecule has 16 heavy (non-hydrogen) atoms. The summed E-state index contributed by atoms with van der Waals surface area (Å²) >= 11 is 0. The zero-order chi connectivity index (χ0) is 11.4. The monoisotopic (exact) mass is 215 g/mol. The van der Waals surface area contributed by atoms with E-state index in [0.717, 1.165) is 17.9 Å². The molecule has 2 heteroatoms. The van der Waals surface area contributed by atoms with Crippen molar-refractivity contribution in [2.75, 3.05) is 5.32 Å². The average Bonchev–Trinajstić information content (AvgIpc) is 2.83. The second-order valence-corrected chi connectivity index (χ2v) is 3.93. The van der Waals surface area contributed by atoms with Gasteiger partial charge < -0.3 is 9.73 Å². The van der Waals surface area contributed by atoms with E-state index in [1.165, 1.54) is 5.56 Å². The van der Waals surface area contributed by atoms with Gasteiger partial charge in [0, 0.05) is 5.69 Å². The predicted octanol–water partition coefficient (Wildman–Crippen LogP) is 4.02. The molecule has 0 amide bonds. The molecule has 84 valence electrons. The van der Waals surface area contributed by atoms with E-state index in [0.29, 0.717) is 0 Å². The molecular formula is C14H17NO. The molecule has 0 saturated carbocycles. The van der Waals surface area contributed by atoms with E-state index in [2.05, 4.69) is 43.4 Å². The quantitative estimate of drug-likeness (QED) is 0.833. The second kappa shape index (κ2) is 4.88. The van der Waals surface area contributed by atoms with Crippen molar-refractivity contribution in [2.45, 2.75) is 26.3 Å². The van der Waals surface area contributed by atoms with Crippen LogP contribution in [0.3, 0.4) is 0 Å². The molecule has 1 aromatic heterocycles. The smallest absolute Gasteiger partial charge is 0.125 e. The highest BCUT2D eigenvalue weighted by Gasteiger charge is 2.07. The van der Waals surface area contributed by atoms with E-state index < -0.39 is 0 Å². The van der Waals surface area contributed by atoms with Crippen LogP contribution in [0.15, 0.2) is 47.1 Å². The standard InChI is InChI=1S/C14H17NO/c1-3-12-6-8-13(9-7-12)15-11(2)14-5-4-10-16-14/h4-11,15H,3H2,1-2H3. The number of anilines is 1. The van der Waals surface area contributed by atoms with Gasteiger partial charge in [0.15, 0.2) is 0 Å². The van der Waals surface area contributed by atoms with Gasteiger partial charge in [0.1, 0.15) is 5.76 Å². The minimum Gasteiger partial charge on any atom is -0.467 e. The fourth-order valence-corrected chi connectivity index (χ4v) is 1.70. The van der Waals surface area contributed by atoms with Crippen LogP contribution in [0.2, 0.25) is 0 Å². The van der Waals surface area contributed by atoms with Crippen molar-refractivity contribution in [3.05, 3.63) is 54.0 Å². The van der Waals surface area contributed by atoms with Crippen LogP contribution in [-0.4, -0.2) is 0 Å². The first-order valence-corrected chi connectivity index (χ1v) is 5.68. The number of hydrogen-bond donors (Lipinski definition) is 1. The van der Waals surface area contributed by atoms with Crippen LogP contribution in [0, 0.1) is 0 Å². The van der Waals surface area contributed by atoms with Gasteiger partial charge in [-0.25, -0.2) is 0 Å². The molecule has 2 nitrogen and oxygen atoms in total. The lowest BCUT2D eigenvalue weighted by Crippen LogP contribution is -2.05. The summed E-state index contributed by atoms with van der Waals surface area (Å²) in [6.07, 6.45) is 2.78. The van der Waals surface area contributed by atoms with Crippen molar-refractivity contribution < 1.29 is 4.42 Å². The molecule has 2 rings (SSSR count). The Labute approximate surface area is 96.3 Å². The first-order valence-electron chi connectivity index (χ1n) is 5.68. The average molecular weight is 215 g/mol. The fraction of sp³-hybridized carbons (Fsp3) is 0.286. The molecule has 0 spiro atoms. The Bertz CT molecular complexity index is 417. The molecule has 0 saturated heterocycles. The maximum Gasteiger partial charge on any atom is 0.125 e. The van der Waals surface area contributed by atoms with Gasteiger partial charge in [-0.05, 0) is 43.2 Å². The largest absolute Gasteiger partial charge is 0.467 e. The van der Waals surface area contributed by atoms with Gasteiger partial charge in [0.2, 0.25) is 0 Å². The van der Waals surface area contributed by atoms with Crippen LogP contribution >= 0.6 is 0 Å². The molecule has 2 aromatic rings. The molecule has 1 atom stereocenters. The Morgan fingerprint density at radius 1 is 1.19 bits per heavy atom. The van der Waals surface area contributed by atoms with Crippen molar-refractivity contribution >= 4 is 5.69 Å². The second-order valence-electron chi connectivity index (χ2n) is 3.93. The first-order chi connectivity index (χ1) is 7.79. The van der Waals surface area contributed by atoms with Crippen molar-refractivity contribution in [3.8, 4) is 0 Å². The molecule has 0 radical (unpaired) electrons. The highest BCUT2D eigenvalue weighted by Crippen LogP contribution is 2.19. The van der Waals surface area contributed by atoms with Crippen LogP contribution in [0.25, 0.3) is 0 Å². The summed E-state index contributed by atoms with van der Waals surface area (Å²) in [7, 11) is 0. The maximum atomic E-state index is 5.35. The third-order valence-corrected chi connectivity index (χ3v) is 2.72. The van der Waals surface area contributed by atoms with Crippen molar-refractivity contribution in [1.82, 2.24) is 0 Å². The topological polar surface area (TPSA) is 25.2 Å². The summed E-state index contributed by atoms with van der Waals surface area (Å²) in [6.45, 7) is 4.25. The SMILES string of the molecule is CCc1ccc(NC(C)c2ccco2)cc1. The van der Waals surface area contributed by atoms with E-state index >= 15 is 0 Å². The molecule has 1 heterocycles. The summed E-state index contributed by atoms with van der Waals surface area (Å²) < 4.78 is 5.35. The molecule has 0 fully saturated rings. The Hall–Kier alpha value is -1.70. The number of aryl methyl sites for hydroxylation is 1. The summed E-state index contributed by atoms with van der Waals surface area (Å²) in [5, 5.41) is 3.40. The van der Waals surface area contributed by atoms with Crippen LogP contribution in [0.4, 0.5) is 5.69 Å². The number of furan rings is 1. The molecule has 0 aliphatic rings. The van der Waals surface area contributed by atoms with E-state index in [4.69, 9.17) is 4.42 Å². The number of hydrogen-bond acceptors (Lipinski definition) is 2. The van der Waals surface area contributed by atoms with Crippen molar-refractivity contribution in [2.24, 2.45) is 0 Å². The highest BCUT2D eigenvalue weighted by atomic mass is 16.3. The van der Waals surface area contributed by atoms with Gasteiger partial charge in [0.25, 0.3) is 0 Å². The van der Waals surface area contributed by atoms with Gasteiger partial charge >= 0.3 is 0 Å². The lowest BCUT2D eigenvalue weighted by atomic mass is 10.1. The van der Waals surface area contributed by atoms with Gasteiger partial charge in [-0.3, -0.25) is 0 Å². The van der Waals surface area contributed by atoms with E-state index in [1.54, 1.807) is 6.26 Å². The fourth-order valence-electron chi connectivity index (χ4n) is 1.70. The first kappa shape index (κ1) is 10.8. The Kier molecular flexibility index (Phi) is 3.30. The Balaban J connectivity index is 2.03. The van der Waals surface area contributed by atoms with E-state index in [9.17, 15) is 0 Å². The van der Waals surface area contributed by atoms with Crippen molar-refractivity contribution in [3.63, 3.8) is 0 Å². The van der Waals surface area contributed by atoms with Gasteiger partial charge in [0.05, 0.1) is 12.3 Å². The Morgan fingerprint density at radius 2 is 1.94 bits per heavy atom. The highest BCUT2D eigenvalue weighted by molar-refractivity contribution is 5.46. The number of nitrogens with one attached hydrogen (secondary N) is 1. The summed E-state index contributed by atoms with van der Waals surface area (Å²) in [4.78, 5) is 0. The minimum atomic E-state index is 0.197. The van der Waals surface area contributed by atoms with Crippen LogP contribution < -0.4 is 5.32 Å². The summed E-state index contributed by atoms with van der Waals surface area (Å²) in [5.41, 5.74) is 2.48. The normalized spacial score (nSPS) is 12.4. The zero-order valence-corrected chi connectivity index (χ0v) is 9.73. The van der Waals surface area contributed by atoms with Crippen LogP contribution in [0.1, 0.15) is 31.2 Å². The van der Waals surface area contributed by atoms with E-state index in [-0.39, 0.29) is 6.04 Å². The Morgan fingerprint density at radius 3 is 2.50 bits per heavy atom. The number of rotatable bonds is 4. The zero-order valence-electron chi connectivity index (χ0n) is 9.73. The lowest BCUT2D eigenvalue weighted by Gasteiger charge is -2.13. The predicted molar refractivity (Wildman–Crippen MR) is 66.6 cm³/mol. The lowest BCUT2D eigenvalue weighted by molar-refractivity contribution is 0.490.